The molecule has 1 unspecified atom stereocenters. The van der Waals surface area contributed by atoms with E-state index < -0.39 is 0 Å². The smallest absolute Gasteiger partial charge is 0.00508 e. The number of nitrogens with one attached hydrogen (secondary N) is 1. The molecule has 1 atom stereocenters. The normalized spacial score (nSPS) is 14.1. The highest BCUT2D eigenvalue weighted by Gasteiger charge is 2.16. The van der Waals surface area contributed by atoms with Crippen LogP contribution >= 0.6 is 0 Å². The third-order valence-electron chi connectivity index (χ3n) is 3.44. The van der Waals surface area contributed by atoms with Crippen molar-refractivity contribution in [1.29, 1.82) is 0 Å². The fourth-order valence-electron chi connectivity index (χ4n) is 2.31. The second-order valence-electron chi connectivity index (χ2n) is 5.69. The topological polar surface area (TPSA) is 38.0 Å². The van der Waals surface area contributed by atoms with Crippen molar-refractivity contribution in [3.63, 3.8) is 0 Å². The number of nitrogens with two attached hydrogens (primary N) is 1. The maximum atomic E-state index is 5.98. The maximum absolute atomic E-state index is 5.98. The number of rotatable bonds is 9. The summed E-state index contributed by atoms with van der Waals surface area (Å²) < 4.78 is 0. The second kappa shape index (κ2) is 9.00. The van der Waals surface area contributed by atoms with Gasteiger partial charge in [-0.25, -0.2) is 0 Å². The van der Waals surface area contributed by atoms with E-state index >= 15 is 0 Å². The molecule has 98 valence electrons. The molecular weight excluding hydrogens is 196 g/mol. The highest BCUT2D eigenvalue weighted by Crippen LogP contribution is 2.19. The Balaban J connectivity index is 3.62. The summed E-state index contributed by atoms with van der Waals surface area (Å²) >= 11 is 0. The van der Waals surface area contributed by atoms with E-state index in [1.54, 1.807) is 0 Å². The minimum atomic E-state index is 0.383. The SMILES string of the molecule is CCCC(N)CCNCC(C(C)C)C(C)C. The van der Waals surface area contributed by atoms with Crippen LogP contribution in [0.4, 0.5) is 0 Å². The first-order valence-electron chi connectivity index (χ1n) is 6.95. The zero-order valence-corrected chi connectivity index (χ0v) is 11.9. The van der Waals surface area contributed by atoms with Crippen molar-refractivity contribution < 1.29 is 0 Å². The molecular formula is C14H32N2. The zero-order chi connectivity index (χ0) is 12.6. The van der Waals surface area contributed by atoms with E-state index in [2.05, 4.69) is 39.9 Å². The molecule has 0 aliphatic carbocycles. The Bertz CT molecular complexity index is 147. The van der Waals surface area contributed by atoms with Gasteiger partial charge in [-0.05, 0) is 43.7 Å². The van der Waals surface area contributed by atoms with Gasteiger partial charge in [0.05, 0.1) is 0 Å². The maximum Gasteiger partial charge on any atom is 0.00508 e. The molecule has 2 nitrogen and oxygen atoms in total. The monoisotopic (exact) mass is 228 g/mol. The molecule has 0 heterocycles. The van der Waals surface area contributed by atoms with Crippen molar-refractivity contribution in [3.8, 4) is 0 Å². The molecule has 0 aromatic rings. The van der Waals surface area contributed by atoms with Crippen molar-refractivity contribution in [2.24, 2.45) is 23.5 Å². The highest BCUT2D eigenvalue weighted by molar-refractivity contribution is 4.70. The van der Waals surface area contributed by atoms with Gasteiger partial charge in [-0.15, -0.1) is 0 Å². The van der Waals surface area contributed by atoms with Crippen LogP contribution in [0.25, 0.3) is 0 Å². The first-order valence-corrected chi connectivity index (χ1v) is 6.95. The lowest BCUT2D eigenvalue weighted by Gasteiger charge is -2.25. The summed E-state index contributed by atoms with van der Waals surface area (Å²) in [6.45, 7) is 13.7. The third-order valence-corrected chi connectivity index (χ3v) is 3.44. The first kappa shape index (κ1) is 15.9. The Morgan fingerprint density at radius 1 is 1.00 bits per heavy atom. The number of hydrogen-bond donors (Lipinski definition) is 2. The van der Waals surface area contributed by atoms with E-state index in [-0.39, 0.29) is 0 Å². The lowest BCUT2D eigenvalue weighted by molar-refractivity contribution is 0.275. The number of hydrogen-bond acceptors (Lipinski definition) is 2. The van der Waals surface area contributed by atoms with Gasteiger partial charge >= 0.3 is 0 Å². The summed E-state index contributed by atoms with van der Waals surface area (Å²) in [5, 5.41) is 3.56. The molecule has 0 rings (SSSR count). The Morgan fingerprint density at radius 3 is 2.00 bits per heavy atom. The van der Waals surface area contributed by atoms with Crippen LogP contribution < -0.4 is 11.1 Å². The molecule has 0 bridgehead atoms. The van der Waals surface area contributed by atoms with Crippen LogP contribution in [-0.4, -0.2) is 19.1 Å². The molecule has 0 aliphatic rings. The van der Waals surface area contributed by atoms with Crippen LogP contribution in [0.2, 0.25) is 0 Å². The van der Waals surface area contributed by atoms with Gasteiger partial charge in [-0.1, -0.05) is 41.0 Å². The molecule has 0 saturated carbocycles. The molecule has 0 aromatic carbocycles. The molecule has 0 aliphatic heterocycles. The quantitative estimate of drug-likeness (QED) is 0.595. The van der Waals surface area contributed by atoms with Crippen molar-refractivity contribution >= 4 is 0 Å². The van der Waals surface area contributed by atoms with Crippen LogP contribution in [0.15, 0.2) is 0 Å². The standard InChI is InChI=1S/C14H32N2/c1-6-7-13(15)8-9-16-10-14(11(2)3)12(4)5/h11-14,16H,6-10,15H2,1-5H3. The molecule has 0 amide bonds. The fourth-order valence-corrected chi connectivity index (χ4v) is 2.31. The molecule has 0 fully saturated rings. The van der Waals surface area contributed by atoms with E-state index in [1.165, 1.54) is 6.42 Å². The van der Waals surface area contributed by atoms with Crippen LogP contribution in [0.1, 0.15) is 53.9 Å². The average molecular weight is 228 g/mol. The lowest BCUT2D eigenvalue weighted by atomic mass is 9.85. The van der Waals surface area contributed by atoms with E-state index in [0.717, 1.165) is 43.7 Å². The van der Waals surface area contributed by atoms with Crippen LogP contribution in [-0.2, 0) is 0 Å². The Morgan fingerprint density at radius 2 is 1.56 bits per heavy atom. The largest absolute Gasteiger partial charge is 0.328 e. The average Bonchev–Trinajstić information content (AvgIpc) is 2.16. The van der Waals surface area contributed by atoms with Gasteiger partial charge in [0.2, 0.25) is 0 Å². The van der Waals surface area contributed by atoms with Gasteiger partial charge < -0.3 is 11.1 Å². The minimum absolute atomic E-state index is 0.383. The van der Waals surface area contributed by atoms with Gasteiger partial charge in [0, 0.05) is 6.04 Å². The molecule has 16 heavy (non-hydrogen) atoms. The molecule has 0 spiro atoms. The van der Waals surface area contributed by atoms with Crippen molar-refractivity contribution in [1.82, 2.24) is 5.32 Å². The van der Waals surface area contributed by atoms with Gasteiger partial charge in [-0.2, -0.15) is 0 Å². The summed E-state index contributed by atoms with van der Waals surface area (Å²) in [6.07, 6.45) is 3.46. The van der Waals surface area contributed by atoms with E-state index in [1.807, 2.05) is 0 Å². The molecule has 0 aromatic heterocycles. The Hall–Kier alpha value is -0.0800. The summed E-state index contributed by atoms with van der Waals surface area (Å²) in [7, 11) is 0. The predicted octanol–water partition coefficient (Wildman–Crippen LogP) is 3.02. The van der Waals surface area contributed by atoms with Gasteiger partial charge in [0.15, 0.2) is 0 Å². The lowest BCUT2D eigenvalue weighted by Crippen LogP contribution is -2.33. The molecule has 2 heteroatoms. The summed E-state index contributed by atoms with van der Waals surface area (Å²) in [5.74, 6) is 2.30. The van der Waals surface area contributed by atoms with Crippen LogP contribution in [0, 0.1) is 17.8 Å². The van der Waals surface area contributed by atoms with Gasteiger partial charge in [0.1, 0.15) is 0 Å². The summed E-state index contributed by atoms with van der Waals surface area (Å²) in [5.41, 5.74) is 5.98. The first-order chi connectivity index (χ1) is 7.49. The second-order valence-corrected chi connectivity index (χ2v) is 5.69. The van der Waals surface area contributed by atoms with E-state index in [4.69, 9.17) is 5.73 Å². The molecule has 3 N–H and O–H groups in total. The summed E-state index contributed by atoms with van der Waals surface area (Å²) in [6, 6.07) is 0.383. The van der Waals surface area contributed by atoms with Gasteiger partial charge in [0.25, 0.3) is 0 Å². The summed E-state index contributed by atoms with van der Waals surface area (Å²) in [4.78, 5) is 0. The van der Waals surface area contributed by atoms with Gasteiger partial charge in [-0.3, -0.25) is 0 Å². The molecule has 0 radical (unpaired) electrons. The van der Waals surface area contributed by atoms with Crippen LogP contribution in [0.5, 0.6) is 0 Å². The Kier molecular flexibility index (Phi) is 8.96. The third kappa shape index (κ3) is 7.24. The predicted molar refractivity (Wildman–Crippen MR) is 73.5 cm³/mol. The minimum Gasteiger partial charge on any atom is -0.328 e. The van der Waals surface area contributed by atoms with E-state index in [0.29, 0.717) is 6.04 Å². The highest BCUT2D eigenvalue weighted by atomic mass is 14.9. The Labute approximate surface area is 102 Å². The van der Waals surface area contributed by atoms with Crippen LogP contribution in [0.3, 0.4) is 0 Å². The zero-order valence-electron chi connectivity index (χ0n) is 11.9. The van der Waals surface area contributed by atoms with Crippen molar-refractivity contribution in [2.75, 3.05) is 13.1 Å². The van der Waals surface area contributed by atoms with Crippen molar-refractivity contribution in [3.05, 3.63) is 0 Å². The van der Waals surface area contributed by atoms with E-state index in [9.17, 15) is 0 Å². The molecule has 0 saturated heterocycles. The fraction of sp³-hybridized carbons (Fsp3) is 1.00. The van der Waals surface area contributed by atoms with Crippen molar-refractivity contribution in [2.45, 2.75) is 59.9 Å².